The van der Waals surface area contributed by atoms with Crippen LogP contribution in [-0.4, -0.2) is 48.9 Å². The van der Waals surface area contributed by atoms with E-state index >= 15 is 0 Å². The van der Waals surface area contributed by atoms with Gasteiger partial charge in [0.05, 0.1) is 23.3 Å². The minimum Gasteiger partial charge on any atom is -0.453 e. The van der Waals surface area contributed by atoms with E-state index in [1.54, 1.807) is 24.4 Å². The molecule has 1 aliphatic rings. The van der Waals surface area contributed by atoms with Crippen molar-refractivity contribution in [2.75, 3.05) is 13.1 Å². The van der Waals surface area contributed by atoms with Gasteiger partial charge in [0.15, 0.2) is 11.6 Å². The number of pyridine rings is 1. The summed E-state index contributed by atoms with van der Waals surface area (Å²) in [5.74, 6) is -0.509. The first-order chi connectivity index (χ1) is 16.7. The molecule has 0 bridgehead atoms. The Morgan fingerprint density at radius 2 is 1.86 bits per heavy atom. The molecule has 1 N–H and O–H groups in total. The van der Waals surface area contributed by atoms with Crippen molar-refractivity contribution in [2.45, 2.75) is 37.5 Å². The van der Waals surface area contributed by atoms with Crippen LogP contribution in [0.3, 0.4) is 0 Å². The molecule has 0 spiro atoms. The number of benzene rings is 2. The van der Waals surface area contributed by atoms with Crippen LogP contribution in [0.25, 0.3) is 0 Å². The normalized spacial score (nSPS) is 18.7. The Hall–Kier alpha value is -3.34. The standard InChI is InChI=1S/C25H26FN3O5S/c1-17-15-29(16-18(2)33-17)35(31,32)22-8-6-20(7-9-22)25(30)28-13-19-5-10-24(23(26)12-19)34-21-4-3-11-27-14-21/h3-12,14,17-18H,13,15-16H2,1-2H3,(H,28,30). The molecule has 1 saturated heterocycles. The third-order valence-corrected chi connectivity index (χ3v) is 7.30. The van der Waals surface area contributed by atoms with Gasteiger partial charge in [-0.1, -0.05) is 6.07 Å². The van der Waals surface area contributed by atoms with Gasteiger partial charge in [-0.3, -0.25) is 9.78 Å². The fourth-order valence-corrected chi connectivity index (χ4v) is 5.40. The van der Waals surface area contributed by atoms with Crippen LogP contribution in [-0.2, 0) is 21.3 Å². The average Bonchev–Trinajstić information content (AvgIpc) is 2.84. The lowest BCUT2D eigenvalue weighted by atomic mass is 10.2. The average molecular weight is 500 g/mol. The predicted octanol–water partition coefficient (Wildman–Crippen LogP) is 3.74. The third kappa shape index (κ3) is 6.02. The van der Waals surface area contributed by atoms with E-state index in [1.807, 2.05) is 13.8 Å². The minimum atomic E-state index is -3.69. The summed E-state index contributed by atoms with van der Waals surface area (Å²) in [6.07, 6.45) is 2.68. The molecule has 3 aromatic rings. The summed E-state index contributed by atoms with van der Waals surface area (Å²) in [4.78, 5) is 16.6. The molecule has 1 aromatic heterocycles. The van der Waals surface area contributed by atoms with Crippen molar-refractivity contribution in [3.63, 3.8) is 0 Å². The second kappa shape index (κ2) is 10.5. The van der Waals surface area contributed by atoms with Crippen molar-refractivity contribution < 1.29 is 27.1 Å². The van der Waals surface area contributed by atoms with Crippen molar-refractivity contribution in [1.82, 2.24) is 14.6 Å². The first kappa shape index (κ1) is 24.8. The van der Waals surface area contributed by atoms with Crippen LogP contribution in [0.5, 0.6) is 11.5 Å². The number of carbonyl (C=O) groups is 1. The largest absolute Gasteiger partial charge is 0.453 e. The number of nitrogens with zero attached hydrogens (tertiary/aromatic N) is 2. The Kier molecular flexibility index (Phi) is 7.44. The molecular formula is C25H26FN3O5S. The molecular weight excluding hydrogens is 473 g/mol. The van der Waals surface area contributed by atoms with Gasteiger partial charge < -0.3 is 14.8 Å². The topological polar surface area (TPSA) is 97.8 Å². The highest BCUT2D eigenvalue weighted by atomic mass is 32.2. The van der Waals surface area contributed by atoms with Crippen molar-refractivity contribution in [3.8, 4) is 11.5 Å². The Morgan fingerprint density at radius 3 is 2.49 bits per heavy atom. The number of morpholine rings is 1. The zero-order valence-corrected chi connectivity index (χ0v) is 20.2. The van der Waals surface area contributed by atoms with Gasteiger partial charge in [0.2, 0.25) is 10.0 Å². The molecule has 2 heterocycles. The van der Waals surface area contributed by atoms with Crippen LogP contribution in [0.4, 0.5) is 4.39 Å². The quantitative estimate of drug-likeness (QED) is 0.532. The van der Waals surface area contributed by atoms with E-state index in [9.17, 15) is 17.6 Å². The summed E-state index contributed by atoms with van der Waals surface area (Å²) in [7, 11) is -3.69. The lowest BCUT2D eigenvalue weighted by molar-refractivity contribution is -0.0440. The van der Waals surface area contributed by atoms with Crippen molar-refractivity contribution in [3.05, 3.63) is 83.9 Å². The Labute approximate surface area is 203 Å². The Balaban J connectivity index is 1.37. The fourth-order valence-electron chi connectivity index (χ4n) is 3.81. The highest BCUT2D eigenvalue weighted by molar-refractivity contribution is 7.89. The van der Waals surface area contributed by atoms with Crippen molar-refractivity contribution in [1.29, 1.82) is 0 Å². The van der Waals surface area contributed by atoms with Crippen LogP contribution >= 0.6 is 0 Å². The number of halogens is 1. The van der Waals surface area contributed by atoms with Gasteiger partial charge in [0.25, 0.3) is 5.91 Å². The molecule has 4 rings (SSSR count). The summed E-state index contributed by atoms with van der Waals surface area (Å²) in [6, 6.07) is 13.5. The molecule has 35 heavy (non-hydrogen) atoms. The molecule has 2 unspecified atom stereocenters. The summed E-state index contributed by atoms with van der Waals surface area (Å²) in [5, 5.41) is 2.71. The maximum atomic E-state index is 14.4. The van der Waals surface area contributed by atoms with Crippen LogP contribution in [0, 0.1) is 5.82 Å². The first-order valence-corrected chi connectivity index (χ1v) is 12.6. The van der Waals surface area contributed by atoms with Gasteiger partial charge in [0, 0.05) is 31.4 Å². The van der Waals surface area contributed by atoms with E-state index in [4.69, 9.17) is 9.47 Å². The highest BCUT2D eigenvalue weighted by Crippen LogP contribution is 2.25. The maximum absolute atomic E-state index is 14.4. The van der Waals surface area contributed by atoms with Gasteiger partial charge in [-0.25, -0.2) is 12.8 Å². The van der Waals surface area contributed by atoms with Gasteiger partial charge in [0.1, 0.15) is 5.75 Å². The molecule has 1 amide bonds. The lowest BCUT2D eigenvalue weighted by Crippen LogP contribution is -2.48. The van der Waals surface area contributed by atoms with E-state index < -0.39 is 21.7 Å². The second-order valence-corrected chi connectivity index (χ2v) is 10.3. The van der Waals surface area contributed by atoms with Crippen LogP contribution < -0.4 is 10.1 Å². The molecule has 0 aliphatic carbocycles. The Bertz CT molecular complexity index is 1280. The number of ether oxygens (including phenoxy) is 2. The molecule has 1 fully saturated rings. The summed E-state index contributed by atoms with van der Waals surface area (Å²) >= 11 is 0. The lowest BCUT2D eigenvalue weighted by Gasteiger charge is -2.34. The van der Waals surface area contributed by atoms with Crippen LogP contribution in [0.15, 0.2) is 71.9 Å². The van der Waals surface area contributed by atoms with Gasteiger partial charge in [-0.05, 0) is 67.9 Å². The molecule has 0 saturated carbocycles. The number of sulfonamides is 1. The first-order valence-electron chi connectivity index (χ1n) is 11.1. The van der Waals surface area contributed by atoms with Crippen LogP contribution in [0.1, 0.15) is 29.8 Å². The van der Waals surface area contributed by atoms with Gasteiger partial charge in [-0.15, -0.1) is 0 Å². The minimum absolute atomic E-state index is 0.0499. The van der Waals surface area contributed by atoms with E-state index in [0.717, 1.165) is 0 Å². The molecule has 8 nitrogen and oxygen atoms in total. The number of nitrogens with one attached hydrogen (secondary N) is 1. The fraction of sp³-hybridized carbons (Fsp3) is 0.280. The number of hydrogen-bond donors (Lipinski definition) is 1. The molecule has 1 aliphatic heterocycles. The van der Waals surface area contributed by atoms with Crippen molar-refractivity contribution >= 4 is 15.9 Å². The maximum Gasteiger partial charge on any atom is 0.251 e. The number of rotatable bonds is 7. The molecule has 0 radical (unpaired) electrons. The molecule has 184 valence electrons. The van der Waals surface area contributed by atoms with Gasteiger partial charge in [-0.2, -0.15) is 4.31 Å². The van der Waals surface area contributed by atoms with E-state index in [1.165, 1.54) is 46.9 Å². The third-order valence-electron chi connectivity index (χ3n) is 5.45. The van der Waals surface area contributed by atoms with Gasteiger partial charge >= 0.3 is 0 Å². The SMILES string of the molecule is CC1CN(S(=O)(=O)c2ccc(C(=O)NCc3ccc(Oc4cccnc4)c(F)c3)cc2)CC(C)O1. The summed E-state index contributed by atoms with van der Waals surface area (Å²) < 4.78 is 52.8. The Morgan fingerprint density at radius 1 is 1.14 bits per heavy atom. The van der Waals surface area contributed by atoms with Crippen LogP contribution in [0.2, 0.25) is 0 Å². The zero-order valence-electron chi connectivity index (χ0n) is 19.3. The highest BCUT2D eigenvalue weighted by Gasteiger charge is 2.32. The smallest absolute Gasteiger partial charge is 0.251 e. The van der Waals surface area contributed by atoms with E-state index in [0.29, 0.717) is 16.9 Å². The molecule has 2 atom stereocenters. The number of carbonyl (C=O) groups excluding carboxylic acids is 1. The summed E-state index contributed by atoms with van der Waals surface area (Å²) in [6.45, 7) is 4.30. The number of amides is 1. The van der Waals surface area contributed by atoms with Crippen molar-refractivity contribution in [2.24, 2.45) is 0 Å². The van der Waals surface area contributed by atoms with E-state index in [-0.39, 0.29) is 42.5 Å². The zero-order chi connectivity index (χ0) is 25.0. The predicted molar refractivity (Wildman–Crippen MR) is 127 cm³/mol. The molecule has 2 aromatic carbocycles. The summed E-state index contributed by atoms with van der Waals surface area (Å²) in [5.41, 5.74) is 0.841. The monoisotopic (exact) mass is 499 g/mol. The molecule has 10 heteroatoms. The number of hydrogen-bond acceptors (Lipinski definition) is 6. The number of aromatic nitrogens is 1. The van der Waals surface area contributed by atoms with E-state index in [2.05, 4.69) is 10.3 Å². The second-order valence-electron chi connectivity index (χ2n) is 8.34.